The Balaban J connectivity index is 1.53. The maximum Gasteiger partial charge on any atom is 0.184 e. The summed E-state index contributed by atoms with van der Waals surface area (Å²) in [4.78, 5) is 0. The molecule has 190 valence electrons. The fourth-order valence-electron chi connectivity index (χ4n) is 3.65. The number of rotatable bonds is 8. The second-order valence-corrected chi connectivity index (χ2v) is 10.4. The molecule has 0 amide bonds. The quantitative estimate of drug-likeness (QED) is 0.377. The van der Waals surface area contributed by atoms with Crippen molar-refractivity contribution >= 4 is 0 Å². The molecule has 2 aliphatic rings. The molecular weight excluding hydrogens is 438 g/mol. The van der Waals surface area contributed by atoms with Crippen LogP contribution in [0.25, 0.3) is 0 Å². The summed E-state index contributed by atoms with van der Waals surface area (Å²) in [7, 11) is 0. The molecule has 3 heterocycles. The lowest BCUT2D eigenvalue weighted by Crippen LogP contribution is -2.42. The van der Waals surface area contributed by atoms with Crippen LogP contribution in [0.1, 0.15) is 47.2 Å². The van der Waals surface area contributed by atoms with Crippen LogP contribution in [0.3, 0.4) is 0 Å². The van der Waals surface area contributed by atoms with Crippen molar-refractivity contribution in [3.8, 4) is 0 Å². The molecule has 0 bridgehead atoms. The minimum Gasteiger partial charge on any atom is -0.387 e. The molecule has 0 saturated carbocycles. The van der Waals surface area contributed by atoms with Crippen LogP contribution in [0.15, 0.2) is 6.20 Å². The molecule has 4 unspecified atom stereocenters. The van der Waals surface area contributed by atoms with E-state index in [0.717, 1.165) is 0 Å². The number of ether oxygens (including phenoxy) is 5. The van der Waals surface area contributed by atoms with Crippen LogP contribution in [-0.4, -0.2) is 102 Å². The molecule has 3 rings (SSSR count). The van der Waals surface area contributed by atoms with Crippen molar-refractivity contribution < 1.29 is 44.1 Å². The standard InChI is InChI=1S/C21H37N3O9/c1-20(2,3)30-10-13-14(25)17(19(28)32-13)29-9-11-7-24(23-22-11)8-12-16(33-21(4,5)6)15(26)18(27)31-12/h7,12-19,25-28H,8-10H2,1-6H3/t12-,13-,14?,15?,16?,17?,18-,19-/m1/s1. The maximum atomic E-state index is 10.5. The third-order valence-electron chi connectivity index (χ3n) is 5.17. The van der Waals surface area contributed by atoms with Gasteiger partial charge in [0.05, 0.1) is 37.2 Å². The van der Waals surface area contributed by atoms with E-state index in [1.54, 1.807) is 6.20 Å². The van der Waals surface area contributed by atoms with Gasteiger partial charge in [0.25, 0.3) is 0 Å². The van der Waals surface area contributed by atoms with Crippen molar-refractivity contribution in [2.75, 3.05) is 6.61 Å². The minimum absolute atomic E-state index is 0.0202. The average Bonchev–Trinajstić information content (AvgIpc) is 3.31. The topological polar surface area (TPSA) is 158 Å². The molecule has 2 fully saturated rings. The van der Waals surface area contributed by atoms with E-state index in [0.29, 0.717) is 5.69 Å². The highest BCUT2D eigenvalue weighted by Gasteiger charge is 2.46. The number of hydrogen-bond acceptors (Lipinski definition) is 11. The van der Waals surface area contributed by atoms with E-state index < -0.39 is 60.4 Å². The summed E-state index contributed by atoms with van der Waals surface area (Å²) in [6.07, 6.45) is -6.33. The molecule has 0 aromatic carbocycles. The molecule has 12 nitrogen and oxygen atoms in total. The van der Waals surface area contributed by atoms with Gasteiger partial charge in [-0.05, 0) is 41.5 Å². The Kier molecular flexibility index (Phi) is 8.14. The Labute approximate surface area is 193 Å². The van der Waals surface area contributed by atoms with Crippen LogP contribution in [0.2, 0.25) is 0 Å². The summed E-state index contributed by atoms with van der Waals surface area (Å²) in [5.74, 6) is 0. The fourth-order valence-corrected chi connectivity index (χ4v) is 3.65. The highest BCUT2D eigenvalue weighted by Crippen LogP contribution is 2.28. The first-order valence-corrected chi connectivity index (χ1v) is 11.1. The summed E-state index contributed by atoms with van der Waals surface area (Å²) >= 11 is 0. The van der Waals surface area contributed by atoms with Crippen LogP contribution in [0.5, 0.6) is 0 Å². The molecule has 0 aliphatic carbocycles. The van der Waals surface area contributed by atoms with Crippen LogP contribution in [0, 0.1) is 0 Å². The SMILES string of the molecule is CC(C)(C)OC[C@H]1O[C@@H](O)C(OCc2cn(C[C@H]3O[C@@H](O)C(O)C3OC(C)(C)C)nn2)C1O. The van der Waals surface area contributed by atoms with E-state index in [9.17, 15) is 20.4 Å². The summed E-state index contributed by atoms with van der Waals surface area (Å²) < 4.78 is 29.4. The molecule has 0 radical (unpaired) electrons. The molecule has 4 N–H and O–H groups in total. The van der Waals surface area contributed by atoms with E-state index in [2.05, 4.69) is 10.3 Å². The highest BCUT2D eigenvalue weighted by atomic mass is 16.7. The Bertz CT molecular complexity index is 763. The van der Waals surface area contributed by atoms with Crippen molar-refractivity contribution in [1.29, 1.82) is 0 Å². The third kappa shape index (κ3) is 7.13. The molecule has 0 spiro atoms. The lowest BCUT2D eigenvalue weighted by atomic mass is 10.1. The first kappa shape index (κ1) is 26.4. The summed E-state index contributed by atoms with van der Waals surface area (Å²) in [6.45, 7) is 11.5. The average molecular weight is 476 g/mol. The molecule has 2 aliphatic heterocycles. The Hall–Kier alpha value is -1.22. The smallest absolute Gasteiger partial charge is 0.184 e. The number of hydrogen-bond donors (Lipinski definition) is 4. The molecule has 33 heavy (non-hydrogen) atoms. The van der Waals surface area contributed by atoms with E-state index >= 15 is 0 Å². The molecule has 1 aromatic rings. The monoisotopic (exact) mass is 475 g/mol. The van der Waals surface area contributed by atoms with Gasteiger partial charge in [0, 0.05) is 0 Å². The zero-order valence-corrected chi connectivity index (χ0v) is 20.0. The van der Waals surface area contributed by atoms with Crippen molar-refractivity contribution in [3.63, 3.8) is 0 Å². The molecule has 2 saturated heterocycles. The van der Waals surface area contributed by atoms with Crippen LogP contribution in [-0.2, 0) is 36.8 Å². The van der Waals surface area contributed by atoms with Gasteiger partial charge in [0.1, 0.15) is 42.3 Å². The van der Waals surface area contributed by atoms with Gasteiger partial charge in [-0.1, -0.05) is 5.21 Å². The van der Waals surface area contributed by atoms with Crippen molar-refractivity contribution in [1.82, 2.24) is 15.0 Å². The Morgan fingerprint density at radius 3 is 2.21 bits per heavy atom. The largest absolute Gasteiger partial charge is 0.387 e. The second kappa shape index (κ2) is 10.2. The van der Waals surface area contributed by atoms with Gasteiger partial charge in [-0.2, -0.15) is 0 Å². The first-order chi connectivity index (χ1) is 15.2. The van der Waals surface area contributed by atoms with E-state index in [1.165, 1.54) is 4.68 Å². The zero-order valence-electron chi connectivity index (χ0n) is 20.0. The second-order valence-electron chi connectivity index (χ2n) is 10.4. The predicted octanol–water partition coefficient (Wildman–Crippen LogP) is -0.682. The van der Waals surface area contributed by atoms with Gasteiger partial charge in [-0.25, -0.2) is 4.68 Å². The maximum absolute atomic E-state index is 10.5. The minimum atomic E-state index is -1.35. The van der Waals surface area contributed by atoms with E-state index in [4.69, 9.17) is 23.7 Å². The number of aliphatic hydroxyl groups excluding tert-OH is 4. The van der Waals surface area contributed by atoms with Gasteiger partial charge in [-0.15, -0.1) is 5.10 Å². The first-order valence-electron chi connectivity index (χ1n) is 11.1. The van der Waals surface area contributed by atoms with E-state index in [-0.39, 0.29) is 19.8 Å². The molecule has 1 aromatic heterocycles. The van der Waals surface area contributed by atoms with Gasteiger partial charge in [-0.3, -0.25) is 0 Å². The Morgan fingerprint density at radius 2 is 1.58 bits per heavy atom. The van der Waals surface area contributed by atoms with Gasteiger partial charge in [0.15, 0.2) is 12.6 Å². The third-order valence-corrected chi connectivity index (χ3v) is 5.17. The summed E-state index contributed by atoms with van der Waals surface area (Å²) in [6, 6.07) is 0. The van der Waals surface area contributed by atoms with Crippen LogP contribution >= 0.6 is 0 Å². The van der Waals surface area contributed by atoms with Crippen LogP contribution < -0.4 is 0 Å². The summed E-state index contributed by atoms with van der Waals surface area (Å²) in [5, 5.41) is 48.7. The predicted molar refractivity (Wildman–Crippen MR) is 113 cm³/mol. The number of aromatic nitrogens is 3. The van der Waals surface area contributed by atoms with Gasteiger partial charge < -0.3 is 44.1 Å². The number of nitrogens with zero attached hydrogens (tertiary/aromatic N) is 3. The zero-order chi connectivity index (χ0) is 24.6. The molecule has 12 heteroatoms. The normalized spacial score (nSPS) is 35.5. The van der Waals surface area contributed by atoms with Gasteiger partial charge >= 0.3 is 0 Å². The van der Waals surface area contributed by atoms with Crippen LogP contribution in [0.4, 0.5) is 0 Å². The lowest BCUT2D eigenvalue weighted by molar-refractivity contribution is -0.158. The van der Waals surface area contributed by atoms with Crippen molar-refractivity contribution in [3.05, 3.63) is 11.9 Å². The number of aliphatic hydroxyl groups is 4. The highest BCUT2D eigenvalue weighted by molar-refractivity contribution is 4.95. The Morgan fingerprint density at radius 1 is 0.909 bits per heavy atom. The van der Waals surface area contributed by atoms with Crippen molar-refractivity contribution in [2.45, 2.75) is 115 Å². The summed E-state index contributed by atoms with van der Waals surface area (Å²) in [5.41, 5.74) is -0.493. The lowest BCUT2D eigenvalue weighted by Gasteiger charge is -2.29. The fraction of sp³-hybridized carbons (Fsp3) is 0.905. The molecular formula is C21H37N3O9. The van der Waals surface area contributed by atoms with E-state index in [1.807, 2.05) is 41.5 Å². The molecule has 8 atom stereocenters. The van der Waals surface area contributed by atoms with Gasteiger partial charge in [0.2, 0.25) is 0 Å². The van der Waals surface area contributed by atoms with Crippen molar-refractivity contribution in [2.24, 2.45) is 0 Å².